The van der Waals surface area contributed by atoms with Gasteiger partial charge in [0.15, 0.2) is 0 Å². The SMILES string of the molecule is [2H]C([2H])([2H])NC(=O)c1cnc(Nc2cc(C)nc(C)n2)cc1NC(=O)c1cccc(S(C)=O)c1OC. The van der Waals surface area contributed by atoms with Gasteiger partial charge in [-0.05, 0) is 26.0 Å². The van der Waals surface area contributed by atoms with Crippen LogP contribution >= 0.6 is 0 Å². The fourth-order valence-corrected chi connectivity index (χ4v) is 3.83. The molecule has 2 aromatic heterocycles. The van der Waals surface area contributed by atoms with Crippen molar-refractivity contribution in [2.75, 3.05) is 31.0 Å². The minimum atomic E-state index is -2.76. The van der Waals surface area contributed by atoms with Crippen LogP contribution in [0.4, 0.5) is 17.3 Å². The summed E-state index contributed by atoms with van der Waals surface area (Å²) in [5.41, 5.74) is 0.578. The first-order valence-electron chi connectivity index (χ1n) is 11.1. The van der Waals surface area contributed by atoms with E-state index in [4.69, 9.17) is 8.85 Å². The molecule has 33 heavy (non-hydrogen) atoms. The number of hydrogen-bond donors (Lipinski definition) is 3. The average Bonchev–Trinajstić information content (AvgIpc) is 2.76. The zero-order valence-electron chi connectivity index (χ0n) is 21.3. The molecule has 1 aromatic carbocycles. The molecule has 3 N–H and O–H groups in total. The van der Waals surface area contributed by atoms with Gasteiger partial charge in [0.25, 0.3) is 11.8 Å². The van der Waals surface area contributed by atoms with Gasteiger partial charge in [-0.2, -0.15) is 0 Å². The van der Waals surface area contributed by atoms with Gasteiger partial charge in [-0.25, -0.2) is 15.0 Å². The summed E-state index contributed by atoms with van der Waals surface area (Å²) in [7, 11) is -0.0857. The Morgan fingerprint density at radius 3 is 2.55 bits per heavy atom. The molecule has 11 heteroatoms. The quantitative estimate of drug-likeness (QED) is 0.479. The molecule has 0 fully saturated rings. The third-order valence-corrected chi connectivity index (χ3v) is 5.41. The van der Waals surface area contributed by atoms with Gasteiger partial charge in [0.05, 0.1) is 39.6 Å². The van der Waals surface area contributed by atoms with E-state index < -0.39 is 29.6 Å². The summed E-state index contributed by atoms with van der Waals surface area (Å²) in [5, 5.41) is 7.47. The lowest BCUT2D eigenvalue weighted by Gasteiger charge is -2.15. The number of ether oxygens (including phenoxy) is 1. The number of amides is 2. The third-order valence-electron chi connectivity index (χ3n) is 4.47. The smallest absolute Gasteiger partial charge is 0.259 e. The van der Waals surface area contributed by atoms with E-state index in [1.807, 2.05) is 5.32 Å². The van der Waals surface area contributed by atoms with Crippen LogP contribution in [0.2, 0.25) is 0 Å². The Morgan fingerprint density at radius 2 is 1.88 bits per heavy atom. The van der Waals surface area contributed by atoms with Crippen molar-refractivity contribution in [2.24, 2.45) is 0 Å². The predicted molar refractivity (Wildman–Crippen MR) is 126 cm³/mol. The van der Waals surface area contributed by atoms with Crippen LogP contribution in [0, 0.1) is 13.8 Å². The Kier molecular flexibility index (Phi) is 6.10. The molecular weight excluding hydrogens is 444 g/mol. The van der Waals surface area contributed by atoms with Crippen molar-refractivity contribution in [2.45, 2.75) is 18.7 Å². The summed E-state index contributed by atoms with van der Waals surface area (Å²) >= 11 is 0. The second-order valence-electron chi connectivity index (χ2n) is 6.88. The van der Waals surface area contributed by atoms with Crippen LogP contribution in [0.15, 0.2) is 41.4 Å². The molecule has 0 spiro atoms. The zero-order valence-corrected chi connectivity index (χ0v) is 19.2. The number of para-hydroxylation sites is 1. The molecule has 172 valence electrons. The number of aromatic nitrogens is 3. The topological polar surface area (TPSA) is 135 Å². The second-order valence-corrected chi connectivity index (χ2v) is 8.23. The highest BCUT2D eigenvalue weighted by Crippen LogP contribution is 2.28. The molecule has 2 amide bonds. The number of aryl methyl sites for hydroxylation is 2. The van der Waals surface area contributed by atoms with Gasteiger partial charge in [0, 0.05) is 41.4 Å². The van der Waals surface area contributed by atoms with E-state index >= 15 is 0 Å². The van der Waals surface area contributed by atoms with Crippen LogP contribution in [0.1, 0.15) is 36.3 Å². The molecule has 0 aliphatic carbocycles. The average molecular weight is 472 g/mol. The lowest BCUT2D eigenvalue weighted by Crippen LogP contribution is -2.22. The monoisotopic (exact) mass is 471 g/mol. The van der Waals surface area contributed by atoms with Gasteiger partial charge in [-0.1, -0.05) is 6.07 Å². The van der Waals surface area contributed by atoms with E-state index in [0.717, 1.165) is 6.20 Å². The molecule has 0 aliphatic heterocycles. The van der Waals surface area contributed by atoms with Crippen molar-refractivity contribution >= 4 is 39.9 Å². The summed E-state index contributed by atoms with van der Waals surface area (Å²) in [6.45, 7) is 0.768. The summed E-state index contributed by atoms with van der Waals surface area (Å²) in [5.74, 6) is -0.335. The molecule has 1 unspecified atom stereocenters. The van der Waals surface area contributed by atoms with Crippen molar-refractivity contribution in [3.63, 3.8) is 0 Å². The van der Waals surface area contributed by atoms with Crippen molar-refractivity contribution in [1.29, 1.82) is 0 Å². The molecule has 0 radical (unpaired) electrons. The number of pyridine rings is 1. The molecule has 0 bridgehead atoms. The highest BCUT2D eigenvalue weighted by molar-refractivity contribution is 7.84. The summed E-state index contributed by atoms with van der Waals surface area (Å²) in [6.07, 6.45) is 2.59. The van der Waals surface area contributed by atoms with E-state index in [2.05, 4.69) is 25.6 Å². The number of benzene rings is 1. The molecule has 3 aromatic rings. The Hall–Kier alpha value is -3.86. The number of anilines is 3. The van der Waals surface area contributed by atoms with E-state index in [9.17, 15) is 13.8 Å². The van der Waals surface area contributed by atoms with E-state index in [-0.39, 0.29) is 28.4 Å². The molecule has 2 heterocycles. The van der Waals surface area contributed by atoms with Crippen LogP contribution in [-0.4, -0.2) is 51.3 Å². The van der Waals surface area contributed by atoms with Crippen LogP contribution in [-0.2, 0) is 10.8 Å². The predicted octanol–water partition coefficient (Wildman–Crippen LogP) is 2.59. The maximum Gasteiger partial charge on any atom is 0.259 e. The summed E-state index contributed by atoms with van der Waals surface area (Å²) < 4.78 is 39.4. The maximum atomic E-state index is 13.2. The summed E-state index contributed by atoms with van der Waals surface area (Å²) in [4.78, 5) is 38.8. The van der Waals surface area contributed by atoms with Crippen LogP contribution < -0.4 is 20.7 Å². The second kappa shape index (κ2) is 10.2. The Bertz CT molecular complexity index is 1330. The molecule has 10 nitrogen and oxygen atoms in total. The van der Waals surface area contributed by atoms with Gasteiger partial charge < -0.3 is 20.7 Å². The molecule has 1 atom stereocenters. The van der Waals surface area contributed by atoms with Crippen LogP contribution in [0.25, 0.3) is 0 Å². The number of carbonyl (C=O) groups excluding carboxylic acids is 2. The number of nitrogens with zero attached hydrogens (tertiary/aromatic N) is 3. The largest absolute Gasteiger partial charge is 0.495 e. The minimum Gasteiger partial charge on any atom is -0.495 e. The van der Waals surface area contributed by atoms with E-state index in [1.54, 1.807) is 32.0 Å². The molecule has 0 saturated heterocycles. The van der Waals surface area contributed by atoms with E-state index in [0.29, 0.717) is 22.2 Å². The standard InChI is InChI=1S/C22H24N6O4S/c1-12-9-19(26-13(2)25-12)28-18-10-16(15(11-24-18)21(29)23-3)27-22(30)14-7-6-8-17(33(5)31)20(14)32-4/h6-11H,1-5H3,(H,23,29)(H2,24,25,26,27,28,30)/i3D3. The summed E-state index contributed by atoms with van der Waals surface area (Å²) in [6, 6.07) is 7.65. The number of hydrogen-bond acceptors (Lipinski definition) is 8. The first-order valence-corrected chi connectivity index (χ1v) is 11.2. The normalized spacial score (nSPS) is 13.2. The highest BCUT2D eigenvalue weighted by atomic mass is 32.2. The Balaban J connectivity index is 2.03. The van der Waals surface area contributed by atoms with Crippen LogP contribution in [0.5, 0.6) is 5.75 Å². The Labute approximate surface area is 197 Å². The van der Waals surface area contributed by atoms with Gasteiger partial charge >= 0.3 is 0 Å². The minimum absolute atomic E-state index is 0.0215. The third kappa shape index (κ3) is 5.50. The van der Waals surface area contributed by atoms with Crippen molar-refractivity contribution in [3.8, 4) is 5.75 Å². The zero-order chi connectivity index (χ0) is 26.6. The highest BCUT2D eigenvalue weighted by Gasteiger charge is 2.20. The molecule has 0 saturated carbocycles. The van der Waals surface area contributed by atoms with Crippen LogP contribution in [0.3, 0.4) is 0 Å². The lowest BCUT2D eigenvalue weighted by molar-refractivity contribution is 0.0963. The fraction of sp³-hybridized carbons (Fsp3) is 0.227. The van der Waals surface area contributed by atoms with Gasteiger partial charge in [-0.3, -0.25) is 13.8 Å². The number of nitrogens with one attached hydrogen (secondary N) is 3. The molecular formula is C22H24N6O4S. The number of rotatable bonds is 7. The van der Waals surface area contributed by atoms with Gasteiger partial charge in [-0.15, -0.1) is 0 Å². The van der Waals surface area contributed by atoms with Gasteiger partial charge in [0.2, 0.25) is 0 Å². The van der Waals surface area contributed by atoms with Crippen molar-refractivity contribution in [3.05, 3.63) is 59.2 Å². The maximum absolute atomic E-state index is 13.2. The number of carbonyl (C=O) groups is 2. The van der Waals surface area contributed by atoms with Crippen molar-refractivity contribution in [1.82, 2.24) is 20.3 Å². The number of methoxy groups -OCH3 is 1. The van der Waals surface area contributed by atoms with Crippen molar-refractivity contribution < 1.29 is 22.6 Å². The lowest BCUT2D eigenvalue weighted by atomic mass is 10.1. The molecule has 0 aliphatic rings. The fourth-order valence-electron chi connectivity index (χ4n) is 3.11. The first kappa shape index (κ1) is 19.8. The first-order chi connectivity index (χ1) is 16.9. The molecule has 3 rings (SSSR count). The van der Waals surface area contributed by atoms with E-state index in [1.165, 1.54) is 25.5 Å². The van der Waals surface area contributed by atoms with Gasteiger partial charge in [0.1, 0.15) is 23.2 Å². The Morgan fingerprint density at radius 1 is 1.09 bits per heavy atom.